The Labute approximate surface area is 211 Å². The smallest absolute Gasteiger partial charge is 0.330 e. The Morgan fingerprint density at radius 1 is 1.22 bits per heavy atom. The second kappa shape index (κ2) is 10.1. The van der Waals surface area contributed by atoms with Crippen LogP contribution in [-0.2, 0) is 11.3 Å². The lowest BCUT2D eigenvalue weighted by atomic mass is 9.70. The highest BCUT2D eigenvalue weighted by Crippen LogP contribution is 2.45. The molecule has 2 amide bonds. The summed E-state index contributed by atoms with van der Waals surface area (Å²) < 4.78 is 40.8. The highest BCUT2D eigenvalue weighted by molar-refractivity contribution is 7.98. The first-order valence-electron chi connectivity index (χ1n) is 11.5. The fourth-order valence-corrected chi connectivity index (χ4v) is 5.32. The number of thioether (sulfide) groups is 1. The molecule has 2 aromatic rings. The molecule has 2 aliphatic rings. The quantitative estimate of drug-likeness (QED) is 0.402. The molecule has 0 bridgehead atoms. The minimum absolute atomic E-state index is 0.172. The molecule has 0 unspecified atom stereocenters. The van der Waals surface area contributed by atoms with Gasteiger partial charge in [-0.05, 0) is 38.4 Å². The fourth-order valence-electron chi connectivity index (χ4n) is 4.99. The summed E-state index contributed by atoms with van der Waals surface area (Å²) >= 11 is 1.30. The standard InChI is InChI=1S/C24H28F2N4O5S/c1-5-24(21(31)32)8-6-14(7-9-24)30-20-13(11-27-22(28-20)36-4)12-29(23(30)33)19-17(25)15(34-2)10-16(35-3)18(19)26/h10-11,14H,5-9,12H2,1-4H3,(H,31,32)/p-1. The molecule has 0 radical (unpaired) electrons. The number of carbonyl (C=O) groups excluding carboxylic acids is 2. The molecule has 0 N–H and O–H groups in total. The molecule has 1 aliphatic carbocycles. The Kier molecular flexibility index (Phi) is 7.26. The minimum atomic E-state index is -1.10. The van der Waals surface area contributed by atoms with E-state index in [0.717, 1.165) is 11.0 Å². The predicted molar refractivity (Wildman–Crippen MR) is 127 cm³/mol. The zero-order chi connectivity index (χ0) is 26.2. The molecule has 1 aromatic heterocycles. The van der Waals surface area contributed by atoms with E-state index in [9.17, 15) is 14.7 Å². The van der Waals surface area contributed by atoms with Crippen molar-refractivity contribution in [2.45, 2.75) is 56.8 Å². The van der Waals surface area contributed by atoms with Crippen LogP contribution in [0.4, 0.5) is 25.1 Å². The second-order valence-corrected chi connectivity index (χ2v) is 9.63. The highest BCUT2D eigenvalue weighted by Gasteiger charge is 2.44. The predicted octanol–water partition coefficient (Wildman–Crippen LogP) is 3.53. The van der Waals surface area contributed by atoms with E-state index in [1.54, 1.807) is 13.2 Å². The molecular weight excluding hydrogens is 494 g/mol. The van der Waals surface area contributed by atoms with Gasteiger partial charge in [0.1, 0.15) is 11.5 Å². The average molecular weight is 522 g/mol. The second-order valence-electron chi connectivity index (χ2n) is 8.85. The van der Waals surface area contributed by atoms with E-state index in [0.29, 0.717) is 48.6 Å². The Morgan fingerprint density at radius 2 is 1.83 bits per heavy atom. The maximum Gasteiger partial charge on any atom is 0.330 e. The molecule has 0 atom stereocenters. The summed E-state index contributed by atoms with van der Waals surface area (Å²) in [6.45, 7) is 1.63. The molecule has 1 fully saturated rings. The molecule has 194 valence electrons. The van der Waals surface area contributed by atoms with E-state index in [-0.39, 0.29) is 18.0 Å². The molecule has 0 saturated heterocycles. The maximum absolute atomic E-state index is 15.4. The third-order valence-corrected chi connectivity index (χ3v) is 7.77. The normalized spacial score (nSPS) is 21.8. The summed E-state index contributed by atoms with van der Waals surface area (Å²) in [6.07, 6.45) is 5.10. The minimum Gasteiger partial charge on any atom is -0.550 e. The van der Waals surface area contributed by atoms with Crippen LogP contribution in [0.25, 0.3) is 0 Å². The summed E-state index contributed by atoms with van der Waals surface area (Å²) in [5, 5.41) is 12.3. The van der Waals surface area contributed by atoms with Gasteiger partial charge in [0.15, 0.2) is 28.3 Å². The van der Waals surface area contributed by atoms with Crippen LogP contribution < -0.4 is 24.4 Å². The van der Waals surface area contributed by atoms with Gasteiger partial charge in [-0.15, -0.1) is 0 Å². The van der Waals surface area contributed by atoms with Gasteiger partial charge < -0.3 is 19.4 Å². The number of nitrogens with zero attached hydrogens (tertiary/aromatic N) is 4. The number of halogens is 2. The number of hydrogen-bond donors (Lipinski definition) is 0. The van der Waals surface area contributed by atoms with E-state index >= 15 is 8.78 Å². The van der Waals surface area contributed by atoms with Crippen LogP contribution in [0.3, 0.4) is 0 Å². The Hall–Kier alpha value is -3.15. The van der Waals surface area contributed by atoms with E-state index in [1.165, 1.54) is 37.1 Å². The third kappa shape index (κ3) is 4.21. The number of amides is 2. The van der Waals surface area contributed by atoms with Gasteiger partial charge >= 0.3 is 6.03 Å². The van der Waals surface area contributed by atoms with Gasteiger partial charge in [0.05, 0.1) is 20.8 Å². The van der Waals surface area contributed by atoms with Gasteiger partial charge in [-0.25, -0.2) is 23.5 Å². The van der Waals surface area contributed by atoms with Crippen LogP contribution >= 0.6 is 11.8 Å². The number of methoxy groups -OCH3 is 2. The molecule has 1 aromatic carbocycles. The van der Waals surface area contributed by atoms with Gasteiger partial charge in [-0.3, -0.25) is 9.80 Å². The monoisotopic (exact) mass is 521 g/mol. The lowest BCUT2D eigenvalue weighted by Crippen LogP contribution is -2.55. The van der Waals surface area contributed by atoms with Crippen LogP contribution in [0.2, 0.25) is 0 Å². The first-order valence-corrected chi connectivity index (χ1v) is 12.8. The van der Waals surface area contributed by atoms with Crippen molar-refractivity contribution in [2.75, 3.05) is 30.3 Å². The van der Waals surface area contributed by atoms with Crippen molar-refractivity contribution in [3.63, 3.8) is 0 Å². The molecule has 36 heavy (non-hydrogen) atoms. The number of carboxylic acids is 1. The van der Waals surface area contributed by atoms with Gasteiger partial charge in [-0.1, -0.05) is 18.7 Å². The zero-order valence-electron chi connectivity index (χ0n) is 20.5. The van der Waals surface area contributed by atoms with E-state index < -0.39 is 40.8 Å². The largest absolute Gasteiger partial charge is 0.550 e. The zero-order valence-corrected chi connectivity index (χ0v) is 21.3. The number of fused-ring (bicyclic) bond motifs is 1. The number of urea groups is 1. The van der Waals surface area contributed by atoms with Gasteiger partial charge in [0, 0.05) is 35.3 Å². The molecular formula is C24H27F2N4O5S-. The topological polar surface area (TPSA) is 108 Å². The number of benzene rings is 1. The van der Waals surface area contributed by atoms with Crippen LogP contribution in [0.1, 0.15) is 44.6 Å². The number of anilines is 2. The van der Waals surface area contributed by atoms with E-state index in [1.807, 2.05) is 0 Å². The average Bonchev–Trinajstić information content (AvgIpc) is 2.89. The van der Waals surface area contributed by atoms with Gasteiger partial charge in [0.25, 0.3) is 0 Å². The number of hydrogen-bond acceptors (Lipinski definition) is 8. The van der Waals surface area contributed by atoms with Crippen molar-refractivity contribution in [3.8, 4) is 11.5 Å². The third-order valence-electron chi connectivity index (χ3n) is 7.20. The van der Waals surface area contributed by atoms with Crippen molar-refractivity contribution in [3.05, 3.63) is 29.5 Å². The number of aliphatic carboxylic acids is 1. The SMILES string of the molecule is CCC1(C(=O)[O-])CCC(N2C(=O)N(c3c(F)c(OC)cc(OC)c3F)Cc3cnc(SC)nc32)CC1. The lowest BCUT2D eigenvalue weighted by molar-refractivity contribution is -0.321. The number of carboxylic acid groups (broad SMARTS) is 1. The Bertz CT molecular complexity index is 1160. The first kappa shape index (κ1) is 25.9. The van der Waals surface area contributed by atoms with Crippen LogP contribution in [-0.4, -0.2) is 48.5 Å². The van der Waals surface area contributed by atoms with Crippen LogP contribution in [0.5, 0.6) is 11.5 Å². The molecule has 2 heterocycles. The van der Waals surface area contributed by atoms with Crippen molar-refractivity contribution >= 4 is 35.3 Å². The molecule has 4 rings (SSSR count). The molecule has 12 heteroatoms. The van der Waals surface area contributed by atoms with Crippen molar-refractivity contribution in [1.29, 1.82) is 0 Å². The number of rotatable bonds is 7. The molecule has 0 spiro atoms. The maximum atomic E-state index is 15.4. The summed E-state index contributed by atoms with van der Waals surface area (Å²) in [7, 11) is 2.46. The van der Waals surface area contributed by atoms with E-state index in [4.69, 9.17) is 9.47 Å². The number of aromatic nitrogens is 2. The first-order chi connectivity index (χ1) is 17.2. The van der Waals surface area contributed by atoms with E-state index in [2.05, 4.69) is 9.97 Å². The Morgan fingerprint density at radius 3 is 2.33 bits per heavy atom. The Balaban J connectivity index is 1.81. The number of ether oxygens (including phenoxy) is 2. The molecule has 1 saturated carbocycles. The fraction of sp³-hybridized carbons (Fsp3) is 0.500. The summed E-state index contributed by atoms with van der Waals surface area (Å²) in [5.74, 6) is -3.38. The van der Waals surface area contributed by atoms with Crippen LogP contribution in [0, 0.1) is 17.0 Å². The van der Waals surface area contributed by atoms with Crippen molar-refractivity contribution in [1.82, 2.24) is 9.97 Å². The lowest BCUT2D eigenvalue weighted by Gasteiger charge is -2.46. The molecule has 9 nitrogen and oxygen atoms in total. The summed E-state index contributed by atoms with van der Waals surface area (Å²) in [5.41, 5.74) is -1.07. The molecule has 1 aliphatic heterocycles. The summed E-state index contributed by atoms with van der Waals surface area (Å²) in [4.78, 5) is 37.0. The van der Waals surface area contributed by atoms with Crippen molar-refractivity contribution < 1.29 is 33.0 Å². The van der Waals surface area contributed by atoms with Gasteiger partial charge in [0.2, 0.25) is 0 Å². The number of carbonyl (C=O) groups is 2. The van der Waals surface area contributed by atoms with Gasteiger partial charge in [-0.2, -0.15) is 0 Å². The van der Waals surface area contributed by atoms with Crippen molar-refractivity contribution in [2.24, 2.45) is 5.41 Å². The highest BCUT2D eigenvalue weighted by atomic mass is 32.2. The van der Waals surface area contributed by atoms with Crippen LogP contribution in [0.15, 0.2) is 17.4 Å². The summed E-state index contributed by atoms with van der Waals surface area (Å²) in [6, 6.07) is -0.0294.